The first-order valence-corrected chi connectivity index (χ1v) is 8.34. The van der Waals surface area contributed by atoms with Crippen LogP contribution in [0.5, 0.6) is 11.5 Å². The van der Waals surface area contributed by atoms with Crippen LogP contribution in [-0.4, -0.2) is 39.3 Å². The monoisotopic (exact) mass is 352 g/mol. The maximum absolute atomic E-state index is 6.31. The molecule has 0 aliphatic carbocycles. The largest absolute Gasteiger partial charge is 0.493 e. The molecule has 0 saturated heterocycles. The molecule has 0 bridgehead atoms. The minimum atomic E-state index is 0.167. The Hall–Kier alpha value is -1.69. The Balaban J connectivity index is 2.02. The molecule has 24 heavy (non-hydrogen) atoms. The zero-order valence-electron chi connectivity index (χ0n) is 14.6. The van der Waals surface area contributed by atoms with Crippen LogP contribution in [0.2, 0.25) is 5.02 Å². The van der Waals surface area contributed by atoms with E-state index in [2.05, 4.69) is 10.2 Å². The fraction of sp³-hybridized carbons (Fsp3) is 0.444. The molecule has 2 rings (SSSR count). The first-order chi connectivity index (χ1) is 11.6. The highest BCUT2D eigenvalue weighted by molar-refractivity contribution is 6.32. The minimum absolute atomic E-state index is 0.167. The lowest BCUT2D eigenvalue weighted by Crippen LogP contribution is -2.30. The standard InChI is InChI=1S/C18H25ClN2O3/c1-5-23-18-14(19)9-13(10-17(18)22-4)11-20-12-15(21(2)3)16-7-6-8-24-16/h6-10,15,20H,5,11-12H2,1-4H3. The number of ether oxygens (including phenoxy) is 2. The average Bonchev–Trinajstić information content (AvgIpc) is 3.07. The van der Waals surface area contributed by atoms with Crippen LogP contribution in [0.1, 0.15) is 24.3 Å². The van der Waals surface area contributed by atoms with E-state index in [1.807, 2.05) is 45.3 Å². The van der Waals surface area contributed by atoms with Gasteiger partial charge < -0.3 is 19.2 Å². The predicted molar refractivity (Wildman–Crippen MR) is 96.0 cm³/mol. The third kappa shape index (κ3) is 4.66. The summed E-state index contributed by atoms with van der Waals surface area (Å²) in [4.78, 5) is 2.12. The highest BCUT2D eigenvalue weighted by atomic mass is 35.5. The van der Waals surface area contributed by atoms with E-state index in [4.69, 9.17) is 25.5 Å². The van der Waals surface area contributed by atoms with Crippen LogP contribution in [0.3, 0.4) is 0 Å². The number of hydrogen-bond donors (Lipinski definition) is 1. The second-order valence-corrected chi connectivity index (χ2v) is 6.07. The van der Waals surface area contributed by atoms with Crippen molar-refractivity contribution < 1.29 is 13.9 Å². The number of furan rings is 1. The average molecular weight is 353 g/mol. The van der Waals surface area contributed by atoms with Crippen LogP contribution in [0.15, 0.2) is 34.9 Å². The van der Waals surface area contributed by atoms with Gasteiger partial charge in [-0.3, -0.25) is 4.90 Å². The number of nitrogens with zero attached hydrogens (tertiary/aromatic N) is 1. The van der Waals surface area contributed by atoms with Gasteiger partial charge >= 0.3 is 0 Å². The Morgan fingerprint density at radius 2 is 2.12 bits per heavy atom. The summed E-state index contributed by atoms with van der Waals surface area (Å²) in [5.41, 5.74) is 1.04. The van der Waals surface area contributed by atoms with Crippen molar-refractivity contribution in [2.45, 2.75) is 19.5 Å². The van der Waals surface area contributed by atoms with Gasteiger partial charge in [0.05, 0.1) is 31.0 Å². The van der Waals surface area contributed by atoms with Gasteiger partial charge in [0.15, 0.2) is 11.5 Å². The number of rotatable bonds is 9. The molecule has 0 aliphatic heterocycles. The summed E-state index contributed by atoms with van der Waals surface area (Å²) < 4.78 is 16.4. The first kappa shape index (κ1) is 18.6. The lowest BCUT2D eigenvalue weighted by molar-refractivity contribution is 0.250. The van der Waals surface area contributed by atoms with E-state index in [-0.39, 0.29) is 6.04 Å². The Morgan fingerprint density at radius 3 is 2.71 bits per heavy atom. The van der Waals surface area contributed by atoms with Crippen LogP contribution in [-0.2, 0) is 6.54 Å². The molecule has 0 amide bonds. The van der Waals surface area contributed by atoms with Crippen molar-refractivity contribution in [3.63, 3.8) is 0 Å². The molecule has 5 nitrogen and oxygen atoms in total. The smallest absolute Gasteiger partial charge is 0.179 e. The summed E-state index contributed by atoms with van der Waals surface area (Å²) in [6.07, 6.45) is 1.70. The number of likely N-dealkylation sites (N-methyl/N-ethyl adjacent to an activating group) is 1. The number of benzene rings is 1. The van der Waals surface area contributed by atoms with Crippen LogP contribution in [0, 0.1) is 0 Å². The number of hydrogen-bond acceptors (Lipinski definition) is 5. The lowest BCUT2D eigenvalue weighted by Gasteiger charge is -2.23. The van der Waals surface area contributed by atoms with E-state index < -0.39 is 0 Å². The maximum Gasteiger partial charge on any atom is 0.179 e. The molecular formula is C18H25ClN2O3. The molecule has 1 aromatic heterocycles. The molecule has 0 radical (unpaired) electrons. The third-order valence-corrected chi connectivity index (χ3v) is 4.02. The van der Waals surface area contributed by atoms with Crippen molar-refractivity contribution in [3.8, 4) is 11.5 Å². The Labute approximate surface area is 148 Å². The summed E-state index contributed by atoms with van der Waals surface area (Å²) in [7, 11) is 5.68. The molecule has 1 N–H and O–H groups in total. The lowest BCUT2D eigenvalue weighted by atomic mass is 10.1. The van der Waals surface area contributed by atoms with Gasteiger partial charge in [0.2, 0.25) is 0 Å². The molecule has 0 fully saturated rings. The van der Waals surface area contributed by atoms with Gasteiger partial charge in [0.25, 0.3) is 0 Å². The summed E-state index contributed by atoms with van der Waals surface area (Å²) in [5, 5.41) is 4.00. The van der Waals surface area contributed by atoms with Crippen LogP contribution < -0.4 is 14.8 Å². The molecule has 6 heteroatoms. The van der Waals surface area contributed by atoms with E-state index in [1.165, 1.54) is 0 Å². The molecule has 2 aromatic rings. The van der Waals surface area contributed by atoms with Gasteiger partial charge in [-0.25, -0.2) is 0 Å². The molecule has 1 atom stereocenters. The van der Waals surface area contributed by atoms with Crippen molar-refractivity contribution in [2.75, 3.05) is 34.4 Å². The van der Waals surface area contributed by atoms with Crippen molar-refractivity contribution in [3.05, 3.63) is 46.9 Å². The van der Waals surface area contributed by atoms with Crippen LogP contribution in [0.4, 0.5) is 0 Å². The normalized spacial score (nSPS) is 12.4. The zero-order valence-corrected chi connectivity index (χ0v) is 15.4. The summed E-state index contributed by atoms with van der Waals surface area (Å²) in [6.45, 7) is 3.89. The van der Waals surface area contributed by atoms with Crippen molar-refractivity contribution in [2.24, 2.45) is 0 Å². The summed E-state index contributed by atoms with van der Waals surface area (Å²) >= 11 is 6.31. The fourth-order valence-electron chi connectivity index (χ4n) is 2.53. The van der Waals surface area contributed by atoms with Gasteiger partial charge in [0.1, 0.15) is 5.76 Å². The second kappa shape index (κ2) is 8.97. The Bertz CT molecular complexity index is 629. The van der Waals surface area contributed by atoms with Crippen LogP contribution >= 0.6 is 11.6 Å². The SMILES string of the molecule is CCOc1c(Cl)cc(CNCC(c2ccco2)N(C)C)cc1OC. The van der Waals surface area contributed by atoms with Gasteiger partial charge in [-0.2, -0.15) is 0 Å². The van der Waals surface area contributed by atoms with Crippen LogP contribution in [0.25, 0.3) is 0 Å². The molecule has 1 aromatic carbocycles. The van der Waals surface area contributed by atoms with E-state index in [0.29, 0.717) is 29.7 Å². The molecule has 0 spiro atoms. The second-order valence-electron chi connectivity index (χ2n) is 5.67. The predicted octanol–water partition coefficient (Wildman–Crippen LogP) is 3.73. The summed E-state index contributed by atoms with van der Waals surface area (Å²) in [5.74, 6) is 2.18. The molecule has 1 unspecified atom stereocenters. The molecule has 1 heterocycles. The number of nitrogens with one attached hydrogen (secondary N) is 1. The van der Waals surface area contributed by atoms with E-state index >= 15 is 0 Å². The van der Waals surface area contributed by atoms with Gasteiger partial charge in [-0.15, -0.1) is 0 Å². The quantitative estimate of drug-likeness (QED) is 0.745. The Morgan fingerprint density at radius 1 is 1.33 bits per heavy atom. The van der Waals surface area contributed by atoms with Crippen molar-refractivity contribution >= 4 is 11.6 Å². The highest BCUT2D eigenvalue weighted by Gasteiger charge is 2.17. The summed E-state index contributed by atoms with van der Waals surface area (Å²) in [6, 6.07) is 7.91. The molecule has 0 aliphatic rings. The van der Waals surface area contributed by atoms with E-state index in [1.54, 1.807) is 13.4 Å². The molecule has 0 saturated carbocycles. The Kier molecular flexibility index (Phi) is 6.97. The van der Waals surface area contributed by atoms with E-state index in [9.17, 15) is 0 Å². The van der Waals surface area contributed by atoms with Gasteiger partial charge in [-0.05, 0) is 50.8 Å². The number of halogens is 1. The minimum Gasteiger partial charge on any atom is -0.493 e. The highest BCUT2D eigenvalue weighted by Crippen LogP contribution is 2.36. The zero-order chi connectivity index (χ0) is 17.5. The fourth-order valence-corrected chi connectivity index (χ4v) is 2.82. The van der Waals surface area contributed by atoms with Gasteiger partial charge in [-0.1, -0.05) is 11.6 Å². The van der Waals surface area contributed by atoms with Crippen molar-refractivity contribution in [1.29, 1.82) is 0 Å². The maximum atomic E-state index is 6.31. The van der Waals surface area contributed by atoms with Gasteiger partial charge in [0, 0.05) is 13.1 Å². The topological polar surface area (TPSA) is 46.9 Å². The molecule has 132 valence electrons. The number of methoxy groups -OCH3 is 1. The first-order valence-electron chi connectivity index (χ1n) is 7.96. The van der Waals surface area contributed by atoms with E-state index in [0.717, 1.165) is 17.9 Å². The van der Waals surface area contributed by atoms with Crippen molar-refractivity contribution in [1.82, 2.24) is 10.2 Å². The third-order valence-electron chi connectivity index (χ3n) is 3.74. The molecular weight excluding hydrogens is 328 g/mol.